The molecule has 2 aromatic heterocycles. The van der Waals surface area contributed by atoms with Gasteiger partial charge in [-0.15, -0.1) is 4.37 Å². The van der Waals surface area contributed by atoms with Crippen LogP contribution in [0.3, 0.4) is 0 Å². The smallest absolute Gasteiger partial charge is 0.254 e. The lowest BCUT2D eigenvalue weighted by molar-refractivity contribution is -0.671. The van der Waals surface area contributed by atoms with Crippen molar-refractivity contribution >= 4 is 11.7 Å². The monoisotopic (exact) mass is 433 g/mol. The highest BCUT2D eigenvalue weighted by Gasteiger charge is 2.14. The highest BCUT2D eigenvalue weighted by atomic mass is 127. The van der Waals surface area contributed by atoms with Gasteiger partial charge in [-0.05, 0) is 12.5 Å². The molecule has 0 atom stereocenters. The molecule has 22 heavy (non-hydrogen) atoms. The molecule has 0 spiro atoms. The van der Waals surface area contributed by atoms with Gasteiger partial charge < -0.3 is 28.7 Å². The molecule has 4 nitrogen and oxygen atoms in total. The SMILES string of the molecule is CCCCCCCCOc1nsnc1-c1ccc[n+](C)c1.[I-]. The molecule has 6 heteroatoms. The minimum atomic E-state index is 0. The van der Waals surface area contributed by atoms with Crippen molar-refractivity contribution in [2.45, 2.75) is 45.4 Å². The van der Waals surface area contributed by atoms with E-state index in [0.29, 0.717) is 5.88 Å². The Morgan fingerprint density at radius 3 is 2.68 bits per heavy atom. The molecule has 0 N–H and O–H groups in total. The van der Waals surface area contributed by atoms with Gasteiger partial charge in [0, 0.05) is 6.07 Å². The predicted molar refractivity (Wildman–Crippen MR) is 85.4 cm³/mol. The zero-order valence-electron chi connectivity index (χ0n) is 13.3. The Bertz CT molecular complexity index is 548. The molecule has 0 aliphatic rings. The Kier molecular flexibility index (Phi) is 9.54. The summed E-state index contributed by atoms with van der Waals surface area (Å²) >= 11 is 1.21. The number of hydrogen-bond acceptors (Lipinski definition) is 4. The molecular weight excluding hydrogens is 409 g/mol. The van der Waals surface area contributed by atoms with E-state index in [-0.39, 0.29) is 24.0 Å². The van der Waals surface area contributed by atoms with Gasteiger partial charge in [0.1, 0.15) is 7.05 Å². The summed E-state index contributed by atoms with van der Waals surface area (Å²) in [5.74, 6) is 0.666. The van der Waals surface area contributed by atoms with Crippen molar-refractivity contribution in [1.82, 2.24) is 8.75 Å². The highest BCUT2D eigenvalue weighted by molar-refractivity contribution is 6.99. The fourth-order valence-corrected chi connectivity index (χ4v) is 2.75. The Morgan fingerprint density at radius 2 is 1.91 bits per heavy atom. The first kappa shape index (κ1) is 19.3. The second-order valence-electron chi connectivity index (χ2n) is 5.29. The molecule has 2 aromatic rings. The summed E-state index contributed by atoms with van der Waals surface area (Å²) in [6, 6.07) is 4.04. The molecule has 0 aliphatic carbocycles. The van der Waals surface area contributed by atoms with E-state index in [1.807, 2.05) is 36.1 Å². The van der Waals surface area contributed by atoms with Crippen molar-refractivity contribution in [3.63, 3.8) is 0 Å². The van der Waals surface area contributed by atoms with Crippen LogP contribution in [0.2, 0.25) is 0 Å². The summed E-state index contributed by atoms with van der Waals surface area (Å²) < 4.78 is 16.4. The Balaban J connectivity index is 0.00000242. The number of nitrogens with zero attached hydrogens (tertiary/aromatic N) is 3. The lowest BCUT2D eigenvalue weighted by Crippen LogP contribution is -3.00. The third kappa shape index (κ3) is 6.16. The van der Waals surface area contributed by atoms with Crippen molar-refractivity contribution in [1.29, 1.82) is 0 Å². The number of aryl methyl sites for hydroxylation is 1. The van der Waals surface area contributed by atoms with E-state index in [2.05, 4.69) is 15.7 Å². The van der Waals surface area contributed by atoms with Gasteiger partial charge in [0.05, 0.1) is 23.9 Å². The number of halogens is 1. The second kappa shape index (κ2) is 10.9. The second-order valence-corrected chi connectivity index (χ2v) is 5.82. The molecule has 2 rings (SSSR count). The van der Waals surface area contributed by atoms with Crippen LogP contribution in [0.5, 0.6) is 5.88 Å². The van der Waals surface area contributed by atoms with Gasteiger partial charge in [-0.25, -0.2) is 4.57 Å². The lowest BCUT2D eigenvalue weighted by atomic mass is 10.1. The minimum Gasteiger partial charge on any atom is -1.00 e. The van der Waals surface area contributed by atoms with Crippen molar-refractivity contribution < 1.29 is 33.3 Å². The third-order valence-electron chi connectivity index (χ3n) is 3.41. The minimum absolute atomic E-state index is 0. The highest BCUT2D eigenvalue weighted by Crippen LogP contribution is 2.26. The molecule has 122 valence electrons. The maximum Gasteiger partial charge on any atom is 0.254 e. The van der Waals surface area contributed by atoms with Crippen LogP contribution in [-0.2, 0) is 7.05 Å². The summed E-state index contributed by atoms with van der Waals surface area (Å²) in [5, 5.41) is 0. The van der Waals surface area contributed by atoms with E-state index in [1.165, 1.54) is 43.8 Å². The lowest BCUT2D eigenvalue weighted by Gasteiger charge is -2.04. The Hall–Kier alpha value is -0.760. The van der Waals surface area contributed by atoms with Gasteiger partial charge in [-0.1, -0.05) is 39.0 Å². The summed E-state index contributed by atoms with van der Waals surface area (Å²) in [6.45, 7) is 2.97. The fraction of sp³-hybridized carbons (Fsp3) is 0.562. The van der Waals surface area contributed by atoms with Crippen molar-refractivity contribution in [3.8, 4) is 17.1 Å². The van der Waals surface area contributed by atoms with Gasteiger partial charge in [0.25, 0.3) is 5.88 Å². The number of aromatic nitrogens is 3. The number of ether oxygens (including phenoxy) is 1. The molecule has 0 saturated heterocycles. The topological polar surface area (TPSA) is 38.9 Å². The van der Waals surface area contributed by atoms with Crippen LogP contribution in [0.4, 0.5) is 0 Å². The first-order chi connectivity index (χ1) is 10.3. The van der Waals surface area contributed by atoms with Crippen LogP contribution in [0.1, 0.15) is 45.4 Å². The molecule has 0 fully saturated rings. The standard InChI is InChI=1S/C16H24N3OS.HI/c1-3-4-5-6-7-8-12-20-16-15(17-21-18-16)14-10-9-11-19(2)13-14;/h9-11,13H,3-8,12H2,1-2H3;1H/q+1;/p-1. The van der Waals surface area contributed by atoms with Crippen molar-refractivity contribution in [3.05, 3.63) is 24.5 Å². The van der Waals surface area contributed by atoms with Crippen LogP contribution >= 0.6 is 11.7 Å². The Morgan fingerprint density at radius 1 is 1.14 bits per heavy atom. The fourth-order valence-electron chi connectivity index (χ4n) is 2.23. The zero-order chi connectivity index (χ0) is 14.9. The summed E-state index contributed by atoms with van der Waals surface area (Å²) in [6.07, 6.45) is 11.6. The van der Waals surface area contributed by atoms with E-state index >= 15 is 0 Å². The van der Waals surface area contributed by atoms with Gasteiger partial charge >= 0.3 is 0 Å². The number of hydrogen-bond donors (Lipinski definition) is 0. The van der Waals surface area contributed by atoms with Gasteiger partial charge in [0.15, 0.2) is 18.1 Å². The normalized spacial score (nSPS) is 10.3. The first-order valence-corrected chi connectivity index (χ1v) is 8.45. The first-order valence-electron chi connectivity index (χ1n) is 7.72. The number of unbranched alkanes of at least 4 members (excludes halogenated alkanes) is 5. The van der Waals surface area contributed by atoms with Crippen LogP contribution in [-0.4, -0.2) is 15.4 Å². The van der Waals surface area contributed by atoms with E-state index in [9.17, 15) is 0 Å². The third-order valence-corrected chi connectivity index (χ3v) is 3.92. The van der Waals surface area contributed by atoms with Crippen LogP contribution in [0.25, 0.3) is 11.3 Å². The average Bonchev–Trinajstić information content (AvgIpc) is 2.95. The molecule has 0 aromatic carbocycles. The van der Waals surface area contributed by atoms with E-state index in [4.69, 9.17) is 4.74 Å². The summed E-state index contributed by atoms with van der Waals surface area (Å²) in [5.41, 5.74) is 1.90. The predicted octanol–water partition coefficient (Wildman–Crippen LogP) is 0.773. The Labute approximate surface area is 154 Å². The van der Waals surface area contributed by atoms with Gasteiger partial charge in [-0.2, -0.15) is 4.37 Å². The summed E-state index contributed by atoms with van der Waals surface area (Å²) in [7, 11) is 2.00. The van der Waals surface area contributed by atoms with Gasteiger partial charge in [0.2, 0.25) is 0 Å². The maximum absolute atomic E-state index is 5.81. The van der Waals surface area contributed by atoms with E-state index in [0.717, 1.165) is 24.3 Å². The van der Waals surface area contributed by atoms with Crippen LogP contribution in [0, 0.1) is 0 Å². The quantitative estimate of drug-likeness (QED) is 0.333. The largest absolute Gasteiger partial charge is 1.00 e. The van der Waals surface area contributed by atoms with Crippen molar-refractivity contribution in [2.75, 3.05) is 6.61 Å². The van der Waals surface area contributed by atoms with Gasteiger partial charge in [-0.3, -0.25) is 0 Å². The van der Waals surface area contributed by atoms with Crippen LogP contribution < -0.4 is 33.3 Å². The van der Waals surface area contributed by atoms with Crippen LogP contribution in [0.15, 0.2) is 24.5 Å². The molecule has 0 saturated carbocycles. The molecule has 0 bridgehead atoms. The van der Waals surface area contributed by atoms with Crippen molar-refractivity contribution in [2.24, 2.45) is 7.05 Å². The van der Waals surface area contributed by atoms with E-state index in [1.54, 1.807) is 0 Å². The average molecular weight is 433 g/mol. The molecule has 0 unspecified atom stereocenters. The summed E-state index contributed by atoms with van der Waals surface area (Å²) in [4.78, 5) is 0. The van der Waals surface area contributed by atoms with E-state index < -0.39 is 0 Å². The molecule has 0 amide bonds. The molecular formula is C16H24IN3OS. The molecule has 2 heterocycles. The number of pyridine rings is 1. The maximum atomic E-state index is 5.81. The number of rotatable bonds is 9. The zero-order valence-corrected chi connectivity index (χ0v) is 16.3. The molecule has 0 radical (unpaired) electrons. The molecule has 0 aliphatic heterocycles.